The lowest BCUT2D eigenvalue weighted by molar-refractivity contribution is 1.11. The van der Waals surface area contributed by atoms with E-state index in [-0.39, 0.29) is 0 Å². The highest BCUT2D eigenvalue weighted by Gasteiger charge is 2.11. The zero-order valence-corrected chi connectivity index (χ0v) is 11.7. The minimum absolute atomic E-state index is 0.523. The molecule has 0 saturated carbocycles. The van der Waals surface area contributed by atoms with Crippen LogP contribution in [0.1, 0.15) is 5.56 Å². The van der Waals surface area contributed by atoms with E-state index >= 15 is 0 Å². The molecule has 0 fully saturated rings. The molecule has 3 nitrogen and oxygen atoms in total. The van der Waals surface area contributed by atoms with Crippen molar-refractivity contribution < 1.29 is 0 Å². The van der Waals surface area contributed by atoms with E-state index in [4.69, 9.17) is 5.73 Å². The van der Waals surface area contributed by atoms with Gasteiger partial charge in [-0.1, -0.05) is 42.5 Å². The monoisotopic (exact) mass is 273 g/mol. The summed E-state index contributed by atoms with van der Waals surface area (Å²) in [4.78, 5) is 4.51. The van der Waals surface area contributed by atoms with Gasteiger partial charge >= 0.3 is 0 Å². The Morgan fingerprint density at radius 3 is 2.57 bits per heavy atom. The number of imidazole rings is 1. The fourth-order valence-corrected chi connectivity index (χ4v) is 2.84. The molecule has 4 aromatic rings. The van der Waals surface area contributed by atoms with Crippen molar-refractivity contribution in [3.05, 3.63) is 66.2 Å². The van der Waals surface area contributed by atoms with Gasteiger partial charge in [-0.2, -0.15) is 0 Å². The average molecular weight is 273 g/mol. The number of nitrogens with zero attached hydrogens (tertiary/aromatic N) is 2. The number of fused-ring (bicyclic) bond motifs is 2. The van der Waals surface area contributed by atoms with E-state index < -0.39 is 0 Å². The quantitative estimate of drug-likeness (QED) is 0.568. The van der Waals surface area contributed by atoms with Crippen molar-refractivity contribution in [3.63, 3.8) is 0 Å². The molecule has 0 bridgehead atoms. The fourth-order valence-electron chi connectivity index (χ4n) is 2.84. The summed E-state index contributed by atoms with van der Waals surface area (Å²) < 4.78 is 2.01. The molecule has 0 spiro atoms. The van der Waals surface area contributed by atoms with Gasteiger partial charge in [0.05, 0.1) is 11.0 Å². The Morgan fingerprint density at radius 1 is 0.905 bits per heavy atom. The van der Waals surface area contributed by atoms with Crippen LogP contribution < -0.4 is 5.73 Å². The maximum atomic E-state index is 6.15. The standard InChI is InChI=1S/C18H15N3/c1-12-5-4-8-16-17(12)20-18(19)21(16)15-10-9-13-6-2-3-7-14(13)11-15/h2-11H,1H3,(H2,19,20). The van der Waals surface area contributed by atoms with Crippen molar-refractivity contribution >= 4 is 27.8 Å². The van der Waals surface area contributed by atoms with Crippen LogP contribution in [-0.2, 0) is 0 Å². The van der Waals surface area contributed by atoms with Crippen molar-refractivity contribution in [1.82, 2.24) is 9.55 Å². The smallest absolute Gasteiger partial charge is 0.205 e. The predicted octanol–water partition coefficient (Wildman–Crippen LogP) is 4.07. The van der Waals surface area contributed by atoms with Gasteiger partial charge in [0.1, 0.15) is 0 Å². The number of nitrogens with two attached hydrogens (primary N) is 1. The molecule has 1 aromatic heterocycles. The molecule has 102 valence electrons. The van der Waals surface area contributed by atoms with Gasteiger partial charge in [0.2, 0.25) is 5.95 Å². The first-order valence-electron chi connectivity index (χ1n) is 6.97. The lowest BCUT2D eigenvalue weighted by Crippen LogP contribution is -2.00. The van der Waals surface area contributed by atoms with E-state index in [1.54, 1.807) is 0 Å². The third kappa shape index (κ3) is 1.78. The summed E-state index contributed by atoms with van der Waals surface area (Å²) >= 11 is 0. The fraction of sp³-hybridized carbons (Fsp3) is 0.0556. The largest absolute Gasteiger partial charge is 0.369 e. The van der Waals surface area contributed by atoms with E-state index in [0.717, 1.165) is 22.3 Å². The first kappa shape index (κ1) is 12.0. The van der Waals surface area contributed by atoms with Gasteiger partial charge in [-0.15, -0.1) is 0 Å². The molecule has 0 atom stereocenters. The molecular formula is C18H15N3. The summed E-state index contributed by atoms with van der Waals surface area (Å²) in [7, 11) is 0. The van der Waals surface area contributed by atoms with E-state index in [0.29, 0.717) is 5.95 Å². The Hall–Kier alpha value is -2.81. The van der Waals surface area contributed by atoms with Gasteiger partial charge < -0.3 is 5.73 Å². The summed E-state index contributed by atoms with van der Waals surface area (Å²) in [5.74, 6) is 0.523. The number of hydrogen-bond acceptors (Lipinski definition) is 2. The van der Waals surface area contributed by atoms with Crippen molar-refractivity contribution in [2.75, 3.05) is 5.73 Å². The number of benzene rings is 3. The Balaban J connectivity index is 2.04. The van der Waals surface area contributed by atoms with Gasteiger partial charge in [-0.3, -0.25) is 4.57 Å². The molecule has 0 aliphatic carbocycles. The number of hydrogen-bond donors (Lipinski definition) is 1. The molecule has 0 radical (unpaired) electrons. The van der Waals surface area contributed by atoms with Crippen LogP contribution in [0.25, 0.3) is 27.5 Å². The van der Waals surface area contributed by atoms with Crippen molar-refractivity contribution in [2.24, 2.45) is 0 Å². The van der Waals surface area contributed by atoms with Gasteiger partial charge in [0.15, 0.2) is 0 Å². The molecular weight excluding hydrogens is 258 g/mol. The second-order valence-corrected chi connectivity index (χ2v) is 5.28. The Labute approximate surface area is 122 Å². The Bertz CT molecular complexity index is 967. The number of para-hydroxylation sites is 1. The zero-order chi connectivity index (χ0) is 14.4. The van der Waals surface area contributed by atoms with Crippen LogP contribution in [0.5, 0.6) is 0 Å². The van der Waals surface area contributed by atoms with Gasteiger partial charge in [0, 0.05) is 5.69 Å². The van der Waals surface area contributed by atoms with E-state index in [2.05, 4.69) is 54.4 Å². The average Bonchev–Trinajstić information content (AvgIpc) is 2.84. The number of aromatic nitrogens is 2. The number of nitrogen functional groups attached to an aromatic ring is 1. The first-order valence-corrected chi connectivity index (χ1v) is 6.97. The predicted molar refractivity (Wildman–Crippen MR) is 87.7 cm³/mol. The summed E-state index contributed by atoms with van der Waals surface area (Å²) in [5.41, 5.74) is 10.3. The highest BCUT2D eigenvalue weighted by atomic mass is 15.2. The van der Waals surface area contributed by atoms with Gasteiger partial charge in [-0.05, 0) is 41.5 Å². The van der Waals surface area contributed by atoms with E-state index in [1.807, 2.05) is 22.8 Å². The number of rotatable bonds is 1. The molecule has 0 saturated heterocycles. The highest BCUT2D eigenvalue weighted by Crippen LogP contribution is 2.27. The molecule has 0 aliphatic heterocycles. The highest BCUT2D eigenvalue weighted by molar-refractivity contribution is 5.87. The summed E-state index contributed by atoms with van der Waals surface area (Å²) in [6, 6.07) is 20.8. The third-order valence-electron chi connectivity index (χ3n) is 3.90. The maximum Gasteiger partial charge on any atom is 0.205 e. The molecule has 2 N–H and O–H groups in total. The number of aryl methyl sites for hydroxylation is 1. The molecule has 21 heavy (non-hydrogen) atoms. The SMILES string of the molecule is Cc1cccc2c1nc(N)n2-c1ccc2ccccc2c1. The zero-order valence-electron chi connectivity index (χ0n) is 11.7. The summed E-state index contributed by atoms with van der Waals surface area (Å²) in [6.45, 7) is 2.06. The third-order valence-corrected chi connectivity index (χ3v) is 3.90. The molecule has 0 unspecified atom stereocenters. The minimum Gasteiger partial charge on any atom is -0.369 e. The van der Waals surface area contributed by atoms with Crippen LogP contribution >= 0.6 is 0 Å². The topological polar surface area (TPSA) is 43.8 Å². The Morgan fingerprint density at radius 2 is 1.71 bits per heavy atom. The second kappa shape index (κ2) is 4.35. The van der Waals surface area contributed by atoms with Crippen LogP contribution in [0.4, 0.5) is 5.95 Å². The summed E-state index contributed by atoms with van der Waals surface area (Å²) in [6.07, 6.45) is 0. The van der Waals surface area contributed by atoms with Crippen LogP contribution in [0.3, 0.4) is 0 Å². The Kier molecular flexibility index (Phi) is 2.48. The van der Waals surface area contributed by atoms with Gasteiger partial charge in [0.25, 0.3) is 0 Å². The molecule has 0 amide bonds. The first-order chi connectivity index (χ1) is 10.2. The lowest BCUT2D eigenvalue weighted by atomic mass is 10.1. The van der Waals surface area contributed by atoms with Crippen LogP contribution in [0.15, 0.2) is 60.7 Å². The van der Waals surface area contributed by atoms with Crippen LogP contribution in [0, 0.1) is 6.92 Å². The second-order valence-electron chi connectivity index (χ2n) is 5.28. The van der Waals surface area contributed by atoms with Crippen molar-refractivity contribution in [1.29, 1.82) is 0 Å². The van der Waals surface area contributed by atoms with Crippen LogP contribution in [-0.4, -0.2) is 9.55 Å². The molecule has 0 aliphatic rings. The van der Waals surface area contributed by atoms with Crippen LogP contribution in [0.2, 0.25) is 0 Å². The maximum absolute atomic E-state index is 6.15. The number of anilines is 1. The van der Waals surface area contributed by atoms with Crippen molar-refractivity contribution in [2.45, 2.75) is 6.92 Å². The van der Waals surface area contributed by atoms with Crippen molar-refractivity contribution in [3.8, 4) is 5.69 Å². The van der Waals surface area contributed by atoms with E-state index in [9.17, 15) is 0 Å². The summed E-state index contributed by atoms with van der Waals surface area (Å²) in [5, 5.41) is 2.42. The molecule has 4 rings (SSSR count). The normalized spacial score (nSPS) is 11.3. The molecule has 1 heterocycles. The molecule has 3 heteroatoms. The van der Waals surface area contributed by atoms with E-state index in [1.165, 1.54) is 10.8 Å². The van der Waals surface area contributed by atoms with Gasteiger partial charge in [-0.25, -0.2) is 4.98 Å². The molecule has 3 aromatic carbocycles. The minimum atomic E-state index is 0.523. The lowest BCUT2D eigenvalue weighted by Gasteiger charge is -2.08.